The zero-order chi connectivity index (χ0) is 18.5. The zero-order valence-corrected chi connectivity index (χ0v) is 16.8. The van der Waals surface area contributed by atoms with E-state index in [1.165, 1.54) is 5.57 Å². The molecule has 0 bridgehead atoms. The van der Waals surface area contributed by atoms with Crippen LogP contribution in [0.5, 0.6) is 0 Å². The summed E-state index contributed by atoms with van der Waals surface area (Å²) in [4.78, 5) is 14.9. The fraction of sp³-hybridized carbons (Fsp3) is 0.400. The largest absolute Gasteiger partial charge is 0.348 e. The highest BCUT2D eigenvalue weighted by atomic mass is 79.9. The van der Waals surface area contributed by atoms with Gasteiger partial charge in [0.25, 0.3) is 5.91 Å². The highest BCUT2D eigenvalue weighted by molar-refractivity contribution is 9.10. The Kier molecular flexibility index (Phi) is 6.27. The van der Waals surface area contributed by atoms with Crippen LogP contribution in [0, 0.1) is 0 Å². The summed E-state index contributed by atoms with van der Waals surface area (Å²) >= 11 is 3.42. The van der Waals surface area contributed by atoms with Crippen LogP contribution in [0.1, 0.15) is 37.2 Å². The molecule has 1 aliphatic rings. The van der Waals surface area contributed by atoms with Crippen LogP contribution in [-0.2, 0) is 0 Å². The number of aromatic nitrogens is 2. The number of rotatable bonds is 5. The number of nitrogens with one attached hydrogen (secondary N) is 2. The van der Waals surface area contributed by atoms with E-state index >= 15 is 0 Å². The molecule has 6 heteroatoms. The number of likely N-dealkylation sites (tertiary alicyclic amines) is 1. The normalized spacial score (nSPS) is 15.7. The molecule has 26 heavy (non-hydrogen) atoms. The Bertz CT molecular complexity index is 769. The molecule has 3 rings (SSSR count). The van der Waals surface area contributed by atoms with Crippen LogP contribution in [0.3, 0.4) is 0 Å². The van der Waals surface area contributed by atoms with Gasteiger partial charge in [-0.3, -0.25) is 14.8 Å². The van der Waals surface area contributed by atoms with E-state index in [1.807, 2.05) is 30.3 Å². The summed E-state index contributed by atoms with van der Waals surface area (Å²) in [7, 11) is 0. The standard InChI is InChI=1S/C20H25BrN4O/c1-14(2)7-10-25-11-8-17(9-12-25)22-20(26)19-13-18(23-24-19)15-3-5-16(21)6-4-15/h3-7,13,17H,8-12H2,1-2H3,(H,22,26)(H,23,24). The number of piperidine rings is 1. The smallest absolute Gasteiger partial charge is 0.269 e. The molecule has 2 heterocycles. The summed E-state index contributed by atoms with van der Waals surface area (Å²) in [6, 6.07) is 9.92. The molecule has 1 saturated heterocycles. The lowest BCUT2D eigenvalue weighted by Crippen LogP contribution is -2.44. The number of hydrogen-bond acceptors (Lipinski definition) is 3. The number of amides is 1. The average molecular weight is 417 g/mol. The van der Waals surface area contributed by atoms with Gasteiger partial charge in [-0.15, -0.1) is 0 Å². The molecular formula is C20H25BrN4O. The van der Waals surface area contributed by atoms with Gasteiger partial charge in [-0.25, -0.2) is 0 Å². The highest BCUT2D eigenvalue weighted by Crippen LogP contribution is 2.20. The van der Waals surface area contributed by atoms with E-state index in [1.54, 1.807) is 0 Å². The monoisotopic (exact) mass is 416 g/mol. The summed E-state index contributed by atoms with van der Waals surface area (Å²) in [6.45, 7) is 7.28. The maximum Gasteiger partial charge on any atom is 0.269 e. The van der Waals surface area contributed by atoms with Gasteiger partial charge in [-0.05, 0) is 44.9 Å². The van der Waals surface area contributed by atoms with Gasteiger partial charge in [0.15, 0.2) is 0 Å². The summed E-state index contributed by atoms with van der Waals surface area (Å²) in [5, 5.41) is 10.3. The Morgan fingerprint density at radius 1 is 1.31 bits per heavy atom. The lowest BCUT2D eigenvalue weighted by atomic mass is 10.0. The molecule has 0 aliphatic carbocycles. The molecule has 1 aromatic carbocycles. The van der Waals surface area contributed by atoms with Gasteiger partial charge in [0.2, 0.25) is 0 Å². The summed E-state index contributed by atoms with van der Waals surface area (Å²) in [5.74, 6) is -0.0800. The van der Waals surface area contributed by atoms with Crippen molar-refractivity contribution in [1.82, 2.24) is 20.4 Å². The molecular weight excluding hydrogens is 392 g/mol. The topological polar surface area (TPSA) is 61.0 Å². The van der Waals surface area contributed by atoms with Crippen molar-refractivity contribution in [2.24, 2.45) is 0 Å². The minimum Gasteiger partial charge on any atom is -0.348 e. The van der Waals surface area contributed by atoms with Crippen molar-refractivity contribution in [2.45, 2.75) is 32.7 Å². The molecule has 0 atom stereocenters. The molecule has 0 saturated carbocycles. The molecule has 2 aromatic rings. The van der Waals surface area contributed by atoms with Gasteiger partial charge in [0.1, 0.15) is 5.69 Å². The summed E-state index contributed by atoms with van der Waals surface area (Å²) in [5.41, 5.74) is 3.62. The predicted octanol–water partition coefficient (Wildman–Crippen LogP) is 4.00. The van der Waals surface area contributed by atoms with Crippen LogP contribution >= 0.6 is 15.9 Å². The van der Waals surface area contributed by atoms with Crippen LogP contribution in [0.25, 0.3) is 11.3 Å². The van der Waals surface area contributed by atoms with Crippen molar-refractivity contribution in [3.63, 3.8) is 0 Å². The molecule has 2 N–H and O–H groups in total. The maximum absolute atomic E-state index is 12.5. The number of H-pyrrole nitrogens is 1. The second-order valence-electron chi connectivity index (χ2n) is 7.00. The first-order valence-electron chi connectivity index (χ1n) is 8.99. The Hall–Kier alpha value is -1.92. The van der Waals surface area contributed by atoms with Crippen molar-refractivity contribution in [1.29, 1.82) is 0 Å². The van der Waals surface area contributed by atoms with E-state index in [9.17, 15) is 4.79 Å². The van der Waals surface area contributed by atoms with Gasteiger partial charge in [-0.2, -0.15) is 5.10 Å². The number of carbonyl (C=O) groups is 1. The van der Waals surface area contributed by atoms with E-state index in [4.69, 9.17) is 0 Å². The molecule has 0 unspecified atom stereocenters. The van der Waals surface area contributed by atoms with E-state index < -0.39 is 0 Å². The first-order valence-corrected chi connectivity index (χ1v) is 9.78. The second-order valence-corrected chi connectivity index (χ2v) is 7.92. The lowest BCUT2D eigenvalue weighted by molar-refractivity contribution is 0.0909. The molecule has 1 fully saturated rings. The van der Waals surface area contributed by atoms with Crippen molar-refractivity contribution < 1.29 is 4.79 Å². The van der Waals surface area contributed by atoms with Gasteiger partial charge in [-0.1, -0.05) is 39.7 Å². The minimum atomic E-state index is -0.0800. The van der Waals surface area contributed by atoms with E-state index in [0.717, 1.165) is 48.2 Å². The molecule has 138 valence electrons. The van der Waals surface area contributed by atoms with Crippen molar-refractivity contribution in [3.05, 3.63) is 52.1 Å². The molecule has 0 radical (unpaired) electrons. The van der Waals surface area contributed by atoms with Crippen molar-refractivity contribution in [3.8, 4) is 11.3 Å². The minimum absolute atomic E-state index is 0.0800. The predicted molar refractivity (Wildman–Crippen MR) is 108 cm³/mol. The van der Waals surface area contributed by atoms with Crippen molar-refractivity contribution >= 4 is 21.8 Å². The first-order chi connectivity index (χ1) is 12.5. The third kappa shape index (κ3) is 5.05. The Balaban J connectivity index is 1.53. The molecule has 1 aromatic heterocycles. The first kappa shape index (κ1) is 18.9. The van der Waals surface area contributed by atoms with Crippen LogP contribution in [0.2, 0.25) is 0 Å². The Morgan fingerprint density at radius 3 is 2.65 bits per heavy atom. The lowest BCUT2D eigenvalue weighted by Gasteiger charge is -2.31. The number of aromatic amines is 1. The van der Waals surface area contributed by atoms with Crippen LogP contribution < -0.4 is 5.32 Å². The van der Waals surface area contributed by atoms with Gasteiger partial charge >= 0.3 is 0 Å². The van der Waals surface area contributed by atoms with E-state index in [2.05, 4.69) is 56.3 Å². The third-order valence-corrected chi connectivity index (χ3v) is 5.17. The highest BCUT2D eigenvalue weighted by Gasteiger charge is 2.21. The number of hydrogen-bond donors (Lipinski definition) is 2. The van der Waals surface area contributed by atoms with Gasteiger partial charge in [0, 0.05) is 35.7 Å². The van der Waals surface area contributed by atoms with Crippen LogP contribution in [0.15, 0.2) is 46.5 Å². The number of nitrogens with zero attached hydrogens (tertiary/aromatic N) is 2. The number of allylic oxidation sites excluding steroid dienone is 1. The maximum atomic E-state index is 12.5. The SMILES string of the molecule is CC(C)=CCN1CCC(NC(=O)c2cc(-c3ccc(Br)cc3)n[nH]2)CC1. The molecule has 5 nitrogen and oxygen atoms in total. The van der Waals surface area contributed by atoms with E-state index in [0.29, 0.717) is 5.69 Å². The number of halogens is 1. The number of carbonyl (C=O) groups excluding carboxylic acids is 1. The summed E-state index contributed by atoms with van der Waals surface area (Å²) < 4.78 is 1.02. The van der Waals surface area contributed by atoms with Crippen molar-refractivity contribution in [2.75, 3.05) is 19.6 Å². The molecule has 1 amide bonds. The van der Waals surface area contributed by atoms with Gasteiger partial charge < -0.3 is 5.32 Å². The second kappa shape index (κ2) is 8.64. The molecule has 0 spiro atoms. The zero-order valence-electron chi connectivity index (χ0n) is 15.3. The third-order valence-electron chi connectivity index (χ3n) is 4.64. The number of benzene rings is 1. The fourth-order valence-corrected chi connectivity index (χ4v) is 3.31. The molecule has 1 aliphatic heterocycles. The van der Waals surface area contributed by atoms with Crippen LogP contribution in [-0.4, -0.2) is 46.7 Å². The summed E-state index contributed by atoms with van der Waals surface area (Å²) in [6.07, 6.45) is 4.22. The Morgan fingerprint density at radius 2 is 2.00 bits per heavy atom. The Labute approximate surface area is 163 Å². The van der Waals surface area contributed by atoms with Gasteiger partial charge in [0.05, 0.1) is 5.69 Å². The average Bonchev–Trinajstić information content (AvgIpc) is 3.12. The van der Waals surface area contributed by atoms with E-state index in [-0.39, 0.29) is 11.9 Å². The quantitative estimate of drug-likeness (QED) is 0.723. The fourth-order valence-electron chi connectivity index (χ4n) is 3.04. The van der Waals surface area contributed by atoms with Crippen LogP contribution in [0.4, 0.5) is 0 Å².